The van der Waals surface area contributed by atoms with Crippen LogP contribution in [0.25, 0.3) is 0 Å². The standard InChI is InChI=1S/C17H20F3NO3/c18-17(19,20)14(10-11-4-2-1-3-5-11)21-15(22)12-6-8-13(9-7-12)16(23)24/h1-5,12-14H,6-10H2,(H,21,22)(H,23,24). The van der Waals surface area contributed by atoms with Crippen molar-refractivity contribution in [3.63, 3.8) is 0 Å². The smallest absolute Gasteiger partial charge is 0.408 e. The van der Waals surface area contributed by atoms with Gasteiger partial charge in [-0.2, -0.15) is 13.2 Å². The second-order valence-electron chi connectivity index (χ2n) is 6.18. The molecular formula is C17H20F3NO3. The fourth-order valence-corrected chi connectivity index (χ4v) is 2.99. The van der Waals surface area contributed by atoms with Crippen molar-refractivity contribution in [2.75, 3.05) is 0 Å². The van der Waals surface area contributed by atoms with Gasteiger partial charge in [-0.25, -0.2) is 0 Å². The Bertz CT molecular complexity index is 566. The lowest BCUT2D eigenvalue weighted by Crippen LogP contribution is -2.49. The number of carbonyl (C=O) groups excluding carboxylic acids is 1. The fourth-order valence-electron chi connectivity index (χ4n) is 2.99. The Morgan fingerprint density at radius 1 is 1.08 bits per heavy atom. The Labute approximate surface area is 138 Å². The average Bonchev–Trinajstić information content (AvgIpc) is 2.54. The second-order valence-corrected chi connectivity index (χ2v) is 6.18. The molecule has 1 aliphatic rings. The van der Waals surface area contributed by atoms with Gasteiger partial charge in [0, 0.05) is 12.3 Å². The Hall–Kier alpha value is -2.05. The molecule has 0 spiro atoms. The minimum Gasteiger partial charge on any atom is -0.481 e. The minimum absolute atomic E-state index is 0.304. The normalized spacial score (nSPS) is 22.6. The number of alkyl halides is 3. The number of rotatable bonds is 5. The van der Waals surface area contributed by atoms with E-state index in [0.29, 0.717) is 31.2 Å². The summed E-state index contributed by atoms with van der Waals surface area (Å²) in [4.78, 5) is 23.1. The molecule has 4 nitrogen and oxygen atoms in total. The molecule has 2 N–H and O–H groups in total. The molecule has 0 saturated heterocycles. The molecule has 0 radical (unpaired) electrons. The van der Waals surface area contributed by atoms with E-state index in [1.807, 2.05) is 0 Å². The van der Waals surface area contributed by atoms with Gasteiger partial charge >= 0.3 is 12.1 Å². The van der Waals surface area contributed by atoms with Gasteiger partial charge in [0.2, 0.25) is 5.91 Å². The van der Waals surface area contributed by atoms with Crippen LogP contribution >= 0.6 is 0 Å². The maximum absolute atomic E-state index is 13.2. The lowest BCUT2D eigenvalue weighted by atomic mass is 9.81. The maximum atomic E-state index is 13.2. The highest BCUT2D eigenvalue weighted by atomic mass is 19.4. The van der Waals surface area contributed by atoms with Gasteiger partial charge in [0.05, 0.1) is 5.92 Å². The predicted octanol–water partition coefficient (Wildman–Crippen LogP) is 3.17. The van der Waals surface area contributed by atoms with Gasteiger partial charge in [-0.3, -0.25) is 9.59 Å². The molecule has 0 aromatic heterocycles. The van der Waals surface area contributed by atoms with E-state index >= 15 is 0 Å². The number of carboxylic acids is 1. The van der Waals surface area contributed by atoms with E-state index in [1.54, 1.807) is 30.3 Å². The van der Waals surface area contributed by atoms with E-state index in [-0.39, 0.29) is 6.42 Å². The van der Waals surface area contributed by atoms with E-state index in [1.165, 1.54) is 0 Å². The molecule has 132 valence electrons. The van der Waals surface area contributed by atoms with Crippen LogP contribution in [0.1, 0.15) is 31.2 Å². The van der Waals surface area contributed by atoms with Crippen LogP contribution in [0.4, 0.5) is 13.2 Å². The van der Waals surface area contributed by atoms with E-state index in [2.05, 4.69) is 5.32 Å². The number of carboxylic acid groups (broad SMARTS) is 1. The SMILES string of the molecule is O=C(O)C1CCC(C(=O)NC(Cc2ccccc2)C(F)(F)F)CC1. The van der Waals surface area contributed by atoms with Gasteiger partial charge < -0.3 is 10.4 Å². The van der Waals surface area contributed by atoms with Gasteiger partial charge in [0.25, 0.3) is 0 Å². The first-order valence-corrected chi connectivity index (χ1v) is 7.91. The van der Waals surface area contributed by atoms with Crippen LogP contribution in [0.5, 0.6) is 0 Å². The minimum atomic E-state index is -4.54. The van der Waals surface area contributed by atoms with Crippen LogP contribution in [0.2, 0.25) is 0 Å². The van der Waals surface area contributed by atoms with Crippen LogP contribution in [0.15, 0.2) is 30.3 Å². The van der Waals surface area contributed by atoms with Crippen LogP contribution in [-0.4, -0.2) is 29.2 Å². The van der Waals surface area contributed by atoms with Crippen LogP contribution in [0, 0.1) is 11.8 Å². The first kappa shape index (κ1) is 18.3. The second kappa shape index (κ2) is 7.68. The molecule has 24 heavy (non-hydrogen) atoms. The molecule has 0 aliphatic heterocycles. The molecule has 1 aromatic rings. The number of nitrogens with one attached hydrogen (secondary N) is 1. The Morgan fingerprint density at radius 2 is 1.62 bits per heavy atom. The van der Waals surface area contributed by atoms with Crippen LogP contribution in [0.3, 0.4) is 0 Å². The first-order valence-electron chi connectivity index (χ1n) is 7.91. The maximum Gasteiger partial charge on any atom is 0.408 e. The van der Waals surface area contributed by atoms with E-state index in [0.717, 1.165) is 0 Å². The summed E-state index contributed by atoms with van der Waals surface area (Å²) in [5.41, 5.74) is 0.495. The van der Waals surface area contributed by atoms with Gasteiger partial charge in [-0.05, 0) is 31.2 Å². The summed E-state index contributed by atoms with van der Waals surface area (Å²) in [6.45, 7) is 0. The van der Waals surface area contributed by atoms with E-state index in [9.17, 15) is 22.8 Å². The Kier molecular flexibility index (Phi) is 5.85. The first-order chi connectivity index (χ1) is 11.3. The molecule has 1 amide bonds. The summed E-state index contributed by atoms with van der Waals surface area (Å²) in [5, 5.41) is 11.0. The molecule has 1 aromatic carbocycles. The largest absolute Gasteiger partial charge is 0.481 e. The number of amides is 1. The van der Waals surface area contributed by atoms with Crippen LogP contribution < -0.4 is 5.32 Å². The molecule has 2 rings (SSSR count). The van der Waals surface area contributed by atoms with Gasteiger partial charge in [0.1, 0.15) is 6.04 Å². The zero-order valence-electron chi connectivity index (χ0n) is 13.1. The van der Waals surface area contributed by atoms with Crippen molar-refractivity contribution < 1.29 is 27.9 Å². The van der Waals surface area contributed by atoms with Crippen molar-refractivity contribution in [1.29, 1.82) is 0 Å². The number of hydrogen-bond acceptors (Lipinski definition) is 2. The number of halogens is 3. The molecule has 1 unspecified atom stereocenters. The zero-order chi connectivity index (χ0) is 17.7. The van der Waals surface area contributed by atoms with Crippen molar-refractivity contribution in [2.24, 2.45) is 11.8 Å². The third-order valence-electron chi connectivity index (χ3n) is 4.44. The van der Waals surface area contributed by atoms with Crippen molar-refractivity contribution in [3.05, 3.63) is 35.9 Å². The molecule has 0 heterocycles. The highest BCUT2D eigenvalue weighted by molar-refractivity contribution is 5.79. The number of aliphatic carboxylic acids is 1. The summed E-state index contributed by atoms with van der Waals surface area (Å²) < 4.78 is 39.6. The van der Waals surface area contributed by atoms with E-state index in [4.69, 9.17) is 5.11 Å². The quantitative estimate of drug-likeness (QED) is 0.863. The van der Waals surface area contributed by atoms with Gasteiger partial charge in [-0.1, -0.05) is 30.3 Å². The van der Waals surface area contributed by atoms with E-state index < -0.39 is 35.9 Å². The molecular weight excluding hydrogens is 323 g/mol. The molecule has 7 heteroatoms. The average molecular weight is 343 g/mol. The Morgan fingerprint density at radius 3 is 2.12 bits per heavy atom. The summed E-state index contributed by atoms with van der Waals surface area (Å²) >= 11 is 0. The number of benzene rings is 1. The highest BCUT2D eigenvalue weighted by Crippen LogP contribution is 2.30. The van der Waals surface area contributed by atoms with Crippen molar-refractivity contribution in [2.45, 2.75) is 44.3 Å². The molecule has 1 aliphatic carbocycles. The van der Waals surface area contributed by atoms with Crippen LogP contribution in [-0.2, 0) is 16.0 Å². The lowest BCUT2D eigenvalue weighted by Gasteiger charge is -2.28. The Balaban J connectivity index is 1.97. The third kappa shape index (κ3) is 4.97. The summed E-state index contributed by atoms with van der Waals surface area (Å²) in [6.07, 6.45) is -3.60. The monoisotopic (exact) mass is 343 g/mol. The van der Waals surface area contributed by atoms with Crippen molar-refractivity contribution in [1.82, 2.24) is 5.32 Å². The van der Waals surface area contributed by atoms with Gasteiger partial charge in [-0.15, -0.1) is 0 Å². The molecule has 1 fully saturated rings. The number of carbonyl (C=O) groups is 2. The van der Waals surface area contributed by atoms with Crippen molar-refractivity contribution >= 4 is 11.9 Å². The summed E-state index contributed by atoms with van der Waals surface area (Å²) in [6, 6.07) is 6.25. The number of hydrogen-bond donors (Lipinski definition) is 2. The highest BCUT2D eigenvalue weighted by Gasteiger charge is 2.42. The topological polar surface area (TPSA) is 66.4 Å². The fraction of sp³-hybridized carbons (Fsp3) is 0.529. The lowest BCUT2D eigenvalue weighted by molar-refractivity contribution is -0.163. The predicted molar refractivity (Wildman–Crippen MR) is 81.2 cm³/mol. The molecule has 0 bridgehead atoms. The summed E-state index contributed by atoms with van der Waals surface area (Å²) in [7, 11) is 0. The van der Waals surface area contributed by atoms with Gasteiger partial charge in [0.15, 0.2) is 0 Å². The molecule has 1 saturated carbocycles. The zero-order valence-corrected chi connectivity index (χ0v) is 13.1. The molecule has 1 atom stereocenters. The van der Waals surface area contributed by atoms with Crippen molar-refractivity contribution in [3.8, 4) is 0 Å². The third-order valence-corrected chi connectivity index (χ3v) is 4.44. The summed E-state index contributed by atoms with van der Waals surface area (Å²) in [5.74, 6) is -2.61.